The smallest absolute Gasteiger partial charge is 0.226 e. The Balaban J connectivity index is 1.80. The second-order valence-electron chi connectivity index (χ2n) is 5.38. The van der Waals surface area contributed by atoms with Gasteiger partial charge in [-0.1, -0.05) is 30.1 Å². The summed E-state index contributed by atoms with van der Waals surface area (Å²) in [5.74, 6) is 0.740. The Morgan fingerprint density at radius 2 is 1.91 bits per heavy atom. The van der Waals surface area contributed by atoms with Crippen molar-refractivity contribution < 1.29 is 14.3 Å². The second kappa shape index (κ2) is 7.20. The highest BCUT2D eigenvalue weighted by atomic mass is 35.5. The molecule has 0 aliphatic heterocycles. The summed E-state index contributed by atoms with van der Waals surface area (Å²) in [6.07, 6.45) is 1.12. The molecule has 2 amide bonds. The van der Waals surface area contributed by atoms with Gasteiger partial charge in [-0.05, 0) is 24.5 Å². The molecule has 120 valence electrons. The summed E-state index contributed by atoms with van der Waals surface area (Å²) in [5.41, 5.74) is 0.489. The van der Waals surface area contributed by atoms with Crippen molar-refractivity contribution >= 4 is 40.7 Å². The molecule has 5 nitrogen and oxygen atoms in total. The first kappa shape index (κ1) is 16.9. The highest BCUT2D eigenvalue weighted by molar-refractivity contribution is 6.37. The lowest BCUT2D eigenvalue weighted by atomic mass is 10.2. The van der Waals surface area contributed by atoms with Crippen LogP contribution < -0.4 is 15.4 Å². The normalized spacial score (nSPS) is 19.5. The molecule has 0 saturated heterocycles. The van der Waals surface area contributed by atoms with Crippen LogP contribution in [-0.2, 0) is 9.59 Å². The Hall–Kier alpha value is -1.46. The van der Waals surface area contributed by atoms with Crippen molar-refractivity contribution in [2.24, 2.45) is 11.8 Å². The highest BCUT2D eigenvalue weighted by Crippen LogP contribution is 2.37. The zero-order valence-electron chi connectivity index (χ0n) is 12.4. The zero-order valence-corrected chi connectivity index (χ0v) is 13.9. The van der Waals surface area contributed by atoms with E-state index in [4.69, 9.17) is 27.9 Å². The Kier molecular flexibility index (Phi) is 5.53. The lowest BCUT2D eigenvalue weighted by Crippen LogP contribution is -2.29. The summed E-state index contributed by atoms with van der Waals surface area (Å²) in [4.78, 5) is 23.5. The maximum absolute atomic E-state index is 11.8. The largest absolute Gasteiger partial charge is 0.494 e. The SMILES string of the molecule is COc1c(Cl)cc(NC(=O)CCNC(=O)[C@H]2C[C@H]2C)cc1Cl. The number of carbonyl (C=O) groups is 2. The maximum atomic E-state index is 11.8. The van der Waals surface area contributed by atoms with E-state index in [1.54, 1.807) is 12.1 Å². The Bertz CT molecular complexity index is 569. The Morgan fingerprint density at radius 1 is 1.32 bits per heavy atom. The van der Waals surface area contributed by atoms with Crippen LogP contribution in [0.4, 0.5) is 5.69 Å². The van der Waals surface area contributed by atoms with Gasteiger partial charge in [0.1, 0.15) is 0 Å². The number of amides is 2. The van der Waals surface area contributed by atoms with Gasteiger partial charge in [0, 0.05) is 24.6 Å². The first-order chi connectivity index (χ1) is 10.4. The molecule has 0 spiro atoms. The summed E-state index contributed by atoms with van der Waals surface area (Å²) >= 11 is 12.0. The van der Waals surface area contributed by atoms with E-state index in [9.17, 15) is 9.59 Å². The lowest BCUT2D eigenvalue weighted by Gasteiger charge is -2.10. The van der Waals surface area contributed by atoms with Crippen molar-refractivity contribution in [3.8, 4) is 5.75 Å². The molecule has 2 atom stereocenters. The minimum atomic E-state index is -0.221. The summed E-state index contributed by atoms with van der Waals surface area (Å²) in [5, 5.41) is 6.09. The van der Waals surface area contributed by atoms with E-state index in [-0.39, 0.29) is 24.2 Å². The van der Waals surface area contributed by atoms with Crippen LogP contribution in [0.1, 0.15) is 19.8 Å². The van der Waals surface area contributed by atoms with Gasteiger partial charge in [-0.3, -0.25) is 9.59 Å². The molecule has 22 heavy (non-hydrogen) atoms. The third-order valence-corrected chi connectivity index (χ3v) is 4.15. The summed E-state index contributed by atoms with van der Waals surface area (Å²) in [6, 6.07) is 3.13. The van der Waals surface area contributed by atoms with E-state index in [1.807, 2.05) is 6.92 Å². The molecule has 1 aromatic carbocycles. The first-order valence-electron chi connectivity index (χ1n) is 7.03. The molecule has 0 aromatic heterocycles. The topological polar surface area (TPSA) is 67.4 Å². The van der Waals surface area contributed by atoms with Crippen molar-refractivity contribution in [1.82, 2.24) is 5.32 Å². The van der Waals surface area contributed by atoms with Crippen molar-refractivity contribution in [1.29, 1.82) is 0 Å². The average Bonchev–Trinajstić information content (AvgIpc) is 3.15. The van der Waals surface area contributed by atoms with Crippen LogP contribution in [0.5, 0.6) is 5.75 Å². The number of hydrogen-bond acceptors (Lipinski definition) is 3. The number of nitrogens with one attached hydrogen (secondary N) is 2. The zero-order chi connectivity index (χ0) is 16.3. The number of benzene rings is 1. The van der Waals surface area contributed by atoms with Gasteiger partial charge in [-0.25, -0.2) is 0 Å². The van der Waals surface area contributed by atoms with E-state index in [2.05, 4.69) is 10.6 Å². The molecule has 1 aliphatic rings. The fourth-order valence-electron chi connectivity index (χ4n) is 2.17. The molecule has 1 saturated carbocycles. The van der Waals surface area contributed by atoms with Crippen LogP contribution in [0.3, 0.4) is 0 Å². The molecule has 2 rings (SSSR count). The van der Waals surface area contributed by atoms with Gasteiger partial charge in [0.2, 0.25) is 11.8 Å². The molecular weight excluding hydrogens is 327 g/mol. The van der Waals surface area contributed by atoms with E-state index in [0.717, 1.165) is 6.42 Å². The van der Waals surface area contributed by atoms with Gasteiger partial charge >= 0.3 is 0 Å². The first-order valence-corrected chi connectivity index (χ1v) is 7.78. The van der Waals surface area contributed by atoms with Crippen LogP contribution >= 0.6 is 23.2 Å². The molecule has 1 aliphatic carbocycles. The van der Waals surface area contributed by atoms with Crippen molar-refractivity contribution in [2.75, 3.05) is 19.0 Å². The monoisotopic (exact) mass is 344 g/mol. The molecule has 0 bridgehead atoms. The van der Waals surface area contributed by atoms with Gasteiger partial charge in [-0.15, -0.1) is 0 Å². The number of rotatable bonds is 6. The minimum absolute atomic E-state index is 0.0239. The number of methoxy groups -OCH3 is 1. The second-order valence-corrected chi connectivity index (χ2v) is 6.20. The molecule has 2 N–H and O–H groups in total. The van der Waals surface area contributed by atoms with Gasteiger partial charge in [0.05, 0.1) is 17.2 Å². The van der Waals surface area contributed by atoms with Crippen molar-refractivity contribution in [3.05, 3.63) is 22.2 Å². The van der Waals surface area contributed by atoms with Crippen LogP contribution in [-0.4, -0.2) is 25.5 Å². The van der Waals surface area contributed by atoms with E-state index >= 15 is 0 Å². The Morgan fingerprint density at radius 3 is 2.41 bits per heavy atom. The number of halogens is 2. The number of hydrogen-bond donors (Lipinski definition) is 2. The minimum Gasteiger partial charge on any atom is -0.494 e. The molecule has 1 fully saturated rings. The maximum Gasteiger partial charge on any atom is 0.226 e. The van der Waals surface area contributed by atoms with Crippen LogP contribution in [0.15, 0.2) is 12.1 Å². The van der Waals surface area contributed by atoms with Crippen molar-refractivity contribution in [3.63, 3.8) is 0 Å². The van der Waals surface area contributed by atoms with Crippen LogP contribution in [0.2, 0.25) is 10.0 Å². The molecule has 0 radical (unpaired) electrons. The third-order valence-electron chi connectivity index (χ3n) is 3.58. The quantitative estimate of drug-likeness (QED) is 0.833. The fraction of sp³-hybridized carbons (Fsp3) is 0.467. The summed E-state index contributed by atoms with van der Waals surface area (Å²) in [7, 11) is 1.47. The Labute approximate surface area is 139 Å². The van der Waals surface area contributed by atoms with Gasteiger partial charge in [0.15, 0.2) is 5.75 Å². The highest BCUT2D eigenvalue weighted by Gasteiger charge is 2.38. The average molecular weight is 345 g/mol. The van der Waals surface area contributed by atoms with Gasteiger partial charge < -0.3 is 15.4 Å². The van der Waals surface area contributed by atoms with Crippen LogP contribution in [0, 0.1) is 11.8 Å². The standard InChI is InChI=1S/C15H18Cl2N2O3/c1-8-5-10(8)15(21)18-4-3-13(20)19-9-6-11(16)14(22-2)12(17)7-9/h6-8,10H,3-5H2,1-2H3,(H,18,21)(H,19,20)/t8-,10+/m1/s1. The molecule has 7 heteroatoms. The number of carbonyl (C=O) groups excluding carboxylic acids is 2. The van der Waals surface area contributed by atoms with Crippen molar-refractivity contribution in [2.45, 2.75) is 19.8 Å². The summed E-state index contributed by atoms with van der Waals surface area (Å²) in [6.45, 7) is 2.35. The number of ether oxygens (including phenoxy) is 1. The van der Waals surface area contributed by atoms with Gasteiger partial charge in [-0.2, -0.15) is 0 Å². The number of anilines is 1. The predicted molar refractivity (Wildman–Crippen MR) is 86.5 cm³/mol. The predicted octanol–water partition coefficient (Wildman–Crippen LogP) is 3.10. The molecule has 0 heterocycles. The van der Waals surface area contributed by atoms with E-state index in [1.165, 1.54) is 7.11 Å². The van der Waals surface area contributed by atoms with Crippen LogP contribution in [0.25, 0.3) is 0 Å². The fourth-order valence-corrected chi connectivity index (χ4v) is 2.81. The lowest BCUT2D eigenvalue weighted by molar-refractivity contribution is -0.122. The van der Waals surface area contributed by atoms with Gasteiger partial charge in [0.25, 0.3) is 0 Å². The molecular formula is C15H18Cl2N2O3. The van der Waals surface area contributed by atoms with E-state index in [0.29, 0.717) is 33.9 Å². The molecule has 0 unspecified atom stereocenters. The molecule has 1 aromatic rings. The van der Waals surface area contributed by atoms with E-state index < -0.39 is 0 Å². The third kappa shape index (κ3) is 4.27. The summed E-state index contributed by atoms with van der Waals surface area (Å²) < 4.78 is 5.04.